The monoisotopic (exact) mass is 1040 g/mol. The second kappa shape index (κ2) is 24.7. The molecule has 16 heteroatoms. The van der Waals surface area contributed by atoms with Crippen molar-refractivity contribution in [2.24, 2.45) is 0 Å². The third-order valence-corrected chi connectivity index (χ3v) is 16.2. The van der Waals surface area contributed by atoms with Crippen LogP contribution in [0.5, 0.6) is 0 Å². The molecule has 4 aliphatic carbocycles. The summed E-state index contributed by atoms with van der Waals surface area (Å²) < 4.78 is 9.70. The Morgan fingerprint density at radius 3 is 1.38 bits per heavy atom. The van der Waals surface area contributed by atoms with Gasteiger partial charge in [0.15, 0.2) is 0 Å². The number of thioether (sulfide) groups is 2. The van der Waals surface area contributed by atoms with Gasteiger partial charge in [0, 0.05) is 13.1 Å². The number of hydrogen-bond acceptors (Lipinski definition) is 10. The zero-order valence-electron chi connectivity index (χ0n) is 42.9. The van der Waals surface area contributed by atoms with Crippen molar-refractivity contribution >= 4 is 47.5 Å². The van der Waals surface area contributed by atoms with E-state index < -0.39 is 24.3 Å². The molecule has 4 heterocycles. The fraction of sp³-hybridized carbons (Fsp3) is 0.414. The van der Waals surface area contributed by atoms with Crippen molar-refractivity contribution in [1.29, 1.82) is 0 Å². The molecular weight excluding hydrogens is 969 g/mol. The number of carbonyl (C=O) groups is 4. The highest BCUT2D eigenvalue weighted by atomic mass is 32.2. The normalized spacial score (nSPS) is 17.5. The molecule has 4 atom stereocenters. The number of alkyl carbamates (subject to hydrolysis) is 2. The number of imidazole rings is 2. The molecule has 0 saturated carbocycles. The Balaban J connectivity index is 0.873. The Labute approximate surface area is 443 Å². The molecule has 6 aliphatic rings. The number of benzene rings is 4. The Hall–Kier alpha value is -6.52. The maximum absolute atomic E-state index is 13.9. The van der Waals surface area contributed by atoms with Crippen molar-refractivity contribution in [3.05, 3.63) is 131 Å². The largest absolute Gasteiger partial charge is 0.453 e. The first-order valence-electron chi connectivity index (χ1n) is 26.0. The van der Waals surface area contributed by atoms with Gasteiger partial charge in [-0.1, -0.05) is 84.9 Å². The molecule has 4 bridgehead atoms. The van der Waals surface area contributed by atoms with Crippen LogP contribution in [0.3, 0.4) is 0 Å². The number of nitrogens with zero attached hydrogens (tertiary/aromatic N) is 4. The van der Waals surface area contributed by atoms with Crippen molar-refractivity contribution in [2.45, 2.75) is 101 Å². The highest BCUT2D eigenvalue weighted by molar-refractivity contribution is 7.98. The lowest BCUT2D eigenvalue weighted by Gasteiger charge is -2.36. The smallest absolute Gasteiger partial charge is 0.407 e. The van der Waals surface area contributed by atoms with Crippen LogP contribution in [0.4, 0.5) is 9.59 Å². The van der Waals surface area contributed by atoms with Crippen molar-refractivity contribution < 1.29 is 28.7 Å². The summed E-state index contributed by atoms with van der Waals surface area (Å²) in [6.07, 6.45) is 16.5. The first-order chi connectivity index (χ1) is 36.1. The third kappa shape index (κ3) is 12.2. The molecule has 4 unspecified atom stereocenters. The summed E-state index contributed by atoms with van der Waals surface area (Å²) in [5, 5.41) is 5.54. The molecule has 2 aliphatic heterocycles. The van der Waals surface area contributed by atoms with E-state index in [-0.39, 0.29) is 23.9 Å². The summed E-state index contributed by atoms with van der Waals surface area (Å²) >= 11 is 3.28. The average molecular weight is 1040 g/mol. The van der Waals surface area contributed by atoms with Gasteiger partial charge in [0.25, 0.3) is 0 Å². The van der Waals surface area contributed by atoms with Crippen LogP contribution < -0.4 is 10.6 Å². The number of amides is 4. The number of aromatic amines is 2. The first-order valence-corrected chi connectivity index (χ1v) is 28.8. The van der Waals surface area contributed by atoms with Crippen LogP contribution in [0.25, 0.3) is 44.8 Å². The summed E-state index contributed by atoms with van der Waals surface area (Å²) in [5.74, 6) is 2.79. The summed E-state index contributed by atoms with van der Waals surface area (Å²) in [5.41, 5.74) is 13.9. The van der Waals surface area contributed by atoms with Crippen LogP contribution >= 0.6 is 23.5 Å². The van der Waals surface area contributed by atoms with Gasteiger partial charge in [-0.05, 0) is 157 Å². The van der Waals surface area contributed by atoms with Crippen LogP contribution in [-0.2, 0) is 44.7 Å². The second-order valence-electron chi connectivity index (χ2n) is 19.5. The number of aryl methyl sites for hydroxylation is 4. The number of carbonyl (C=O) groups excluding carboxylic acids is 4. The lowest BCUT2D eigenvalue weighted by molar-refractivity contribution is -0.138. The van der Waals surface area contributed by atoms with Gasteiger partial charge in [0.05, 0.1) is 50.1 Å². The lowest BCUT2D eigenvalue weighted by atomic mass is 9.87. The number of rotatable bonds is 16. The molecule has 388 valence electrons. The summed E-state index contributed by atoms with van der Waals surface area (Å²) in [7, 11) is 2.63. The van der Waals surface area contributed by atoms with Gasteiger partial charge in [-0.2, -0.15) is 23.5 Å². The third-order valence-electron chi connectivity index (χ3n) is 14.9. The Kier molecular flexibility index (Phi) is 17.5. The Morgan fingerprint density at radius 2 is 0.986 bits per heavy atom. The number of hydrogen-bond donors (Lipinski definition) is 4. The quantitative estimate of drug-likeness (QED) is 0.0730. The SMILES string of the molecule is COC(=O)NC(CCSC)C(=O)N1CCCCC1c1ncc(-c2ccc(-c3cc4ccc3CCc3ccc(c(-c5ccc(-c6cnc(C7CCCCN7C(=O)C(CCSC)NC(=O)OC)[nH]6)cc5)c3)CC4)cc2)[nH]1. The zero-order chi connectivity index (χ0) is 51.6. The predicted octanol–water partition coefficient (Wildman–Crippen LogP) is 10.7. The van der Waals surface area contributed by atoms with E-state index in [1.807, 2.05) is 34.7 Å². The molecule has 2 fully saturated rings. The number of piperidine rings is 2. The molecule has 2 aromatic heterocycles. The minimum Gasteiger partial charge on any atom is -0.453 e. The number of methoxy groups -OCH3 is 2. The van der Waals surface area contributed by atoms with E-state index in [9.17, 15) is 19.2 Å². The van der Waals surface area contributed by atoms with E-state index >= 15 is 0 Å². The number of aromatic nitrogens is 4. The van der Waals surface area contributed by atoms with Gasteiger partial charge in [-0.15, -0.1) is 0 Å². The highest BCUT2D eigenvalue weighted by Crippen LogP contribution is 2.36. The van der Waals surface area contributed by atoms with Crippen LogP contribution in [-0.4, -0.2) is 117 Å². The minimum absolute atomic E-state index is 0.102. The van der Waals surface area contributed by atoms with Gasteiger partial charge in [0.2, 0.25) is 11.8 Å². The van der Waals surface area contributed by atoms with E-state index in [1.165, 1.54) is 58.7 Å². The minimum atomic E-state index is -0.660. The summed E-state index contributed by atoms with van der Waals surface area (Å²) in [4.78, 5) is 72.7. The molecule has 2 saturated heterocycles. The standard InChI is InChI=1S/C58H68N8O6S2/c1-71-57(69)63-47(27-31-73-3)55(67)65-29-7-5-9-51(65)53-59-35-49(61-53)43-23-19-41(20-24-43)45-33-37-11-15-39(45)17-13-38-12-16-40(18-14-37)46(34-38)42-21-25-44(26-22-42)50-36-60-54(62-50)52-10-6-8-30-66(52)56(68)48(28-32-74-4)64-58(70)72-2/h11-12,15-16,19-26,33-36,47-48,51-52H,5-10,13-14,17-18,27-32H2,1-4H3,(H,59,61)(H,60,62)(H,63,69)(H,64,70). The molecule has 74 heavy (non-hydrogen) atoms. The molecule has 4 aromatic carbocycles. The van der Waals surface area contributed by atoms with E-state index in [4.69, 9.17) is 19.4 Å². The van der Waals surface area contributed by atoms with E-state index in [1.54, 1.807) is 23.5 Å². The van der Waals surface area contributed by atoms with E-state index in [0.717, 1.165) is 110 Å². The van der Waals surface area contributed by atoms with Crippen molar-refractivity contribution in [3.63, 3.8) is 0 Å². The fourth-order valence-electron chi connectivity index (χ4n) is 10.8. The summed E-state index contributed by atoms with van der Waals surface area (Å²) in [6, 6.07) is 29.7. The summed E-state index contributed by atoms with van der Waals surface area (Å²) in [6.45, 7) is 1.22. The van der Waals surface area contributed by atoms with Gasteiger partial charge < -0.3 is 39.9 Å². The maximum Gasteiger partial charge on any atom is 0.407 e. The molecule has 0 spiro atoms. The number of nitrogens with one attached hydrogen (secondary N) is 4. The molecule has 12 rings (SSSR count). The highest BCUT2D eigenvalue weighted by Gasteiger charge is 2.36. The molecule has 6 aromatic rings. The average Bonchev–Trinajstić information content (AvgIpc) is 4.15. The fourth-order valence-corrected chi connectivity index (χ4v) is 11.7. The first kappa shape index (κ1) is 52.3. The predicted molar refractivity (Wildman–Crippen MR) is 295 cm³/mol. The van der Waals surface area contributed by atoms with Crippen LogP contribution in [0.15, 0.2) is 97.3 Å². The van der Waals surface area contributed by atoms with Gasteiger partial charge in [-0.3, -0.25) is 9.59 Å². The lowest BCUT2D eigenvalue weighted by Crippen LogP contribution is -2.51. The van der Waals surface area contributed by atoms with Crippen molar-refractivity contribution in [1.82, 2.24) is 40.4 Å². The number of ether oxygens (including phenoxy) is 2. The van der Waals surface area contributed by atoms with Crippen molar-refractivity contribution in [3.8, 4) is 44.8 Å². The van der Waals surface area contributed by atoms with Gasteiger partial charge in [0.1, 0.15) is 23.7 Å². The molecule has 4 amide bonds. The number of likely N-dealkylation sites (tertiary alicyclic amines) is 2. The molecule has 0 radical (unpaired) electrons. The maximum atomic E-state index is 13.9. The molecule has 14 nitrogen and oxygen atoms in total. The molecular formula is C58H68N8O6S2. The Morgan fingerprint density at radius 1 is 0.581 bits per heavy atom. The van der Waals surface area contributed by atoms with Crippen LogP contribution in [0.1, 0.15) is 97.4 Å². The van der Waals surface area contributed by atoms with E-state index in [0.29, 0.717) is 25.9 Å². The second-order valence-corrected chi connectivity index (χ2v) is 21.5. The topological polar surface area (TPSA) is 175 Å². The Bertz CT molecular complexity index is 2710. The molecule has 4 N–H and O–H groups in total. The van der Waals surface area contributed by atoms with Gasteiger partial charge in [-0.25, -0.2) is 19.6 Å². The van der Waals surface area contributed by atoms with Gasteiger partial charge >= 0.3 is 12.2 Å². The van der Waals surface area contributed by atoms with Crippen LogP contribution in [0, 0.1) is 0 Å². The van der Waals surface area contributed by atoms with E-state index in [2.05, 4.69) is 106 Å². The number of H-pyrrole nitrogens is 2. The zero-order valence-corrected chi connectivity index (χ0v) is 44.5. The van der Waals surface area contributed by atoms with Crippen LogP contribution in [0.2, 0.25) is 0 Å². The van der Waals surface area contributed by atoms with Crippen molar-refractivity contribution in [2.75, 3.05) is 51.3 Å².